The molecule has 1 aromatic heterocycles. The van der Waals surface area contributed by atoms with Crippen molar-refractivity contribution in [2.75, 3.05) is 0 Å². The predicted octanol–water partition coefficient (Wildman–Crippen LogP) is 5.37. The Balaban J connectivity index is 1.80. The van der Waals surface area contributed by atoms with Gasteiger partial charge in [-0.3, -0.25) is 4.79 Å². The van der Waals surface area contributed by atoms with Gasteiger partial charge in [0, 0.05) is 18.5 Å². The molecule has 0 aliphatic carbocycles. The highest BCUT2D eigenvalue weighted by atomic mass is 19.4. The van der Waals surface area contributed by atoms with Gasteiger partial charge in [-0.05, 0) is 56.9 Å². The van der Waals surface area contributed by atoms with E-state index >= 15 is 0 Å². The molecule has 2 aromatic carbocycles. The van der Waals surface area contributed by atoms with Crippen molar-refractivity contribution in [1.29, 1.82) is 0 Å². The zero-order chi connectivity index (χ0) is 25.8. The maximum absolute atomic E-state index is 12.8. The van der Waals surface area contributed by atoms with E-state index in [-0.39, 0.29) is 24.6 Å². The van der Waals surface area contributed by atoms with Crippen molar-refractivity contribution in [1.82, 2.24) is 14.8 Å². The number of aromatic carboxylic acids is 1. The van der Waals surface area contributed by atoms with Crippen LogP contribution >= 0.6 is 0 Å². The minimum absolute atomic E-state index is 0.0933. The van der Waals surface area contributed by atoms with Gasteiger partial charge in [0.25, 0.3) is 0 Å². The number of alkyl halides is 3. The van der Waals surface area contributed by atoms with E-state index in [0.29, 0.717) is 24.0 Å². The maximum atomic E-state index is 12.8. The van der Waals surface area contributed by atoms with Gasteiger partial charge in [-0.1, -0.05) is 36.4 Å². The first-order valence-corrected chi connectivity index (χ1v) is 11.0. The zero-order valence-electron chi connectivity index (χ0n) is 19.6. The molecular weight excluding hydrogens is 463 g/mol. The van der Waals surface area contributed by atoms with Crippen LogP contribution in [-0.4, -0.2) is 37.4 Å². The molecule has 3 aromatic rings. The lowest BCUT2D eigenvalue weighted by atomic mass is 9.98. The fraction of sp³-hybridized carbons (Fsp3) is 0.360. The van der Waals surface area contributed by atoms with Crippen LogP contribution in [0.3, 0.4) is 0 Å². The van der Waals surface area contributed by atoms with E-state index in [9.17, 15) is 27.9 Å². The summed E-state index contributed by atoms with van der Waals surface area (Å²) < 4.78 is 45.0. The summed E-state index contributed by atoms with van der Waals surface area (Å²) >= 11 is 0. The second-order valence-electron chi connectivity index (χ2n) is 9.01. The molecule has 0 radical (unpaired) electrons. The SMILES string of the molecule is CC(C)(C)OC(=O)CCCn1nc(-c2ccccc2Cc2ccc(C(F)(F)F)cc2)nc1C(=O)O. The van der Waals surface area contributed by atoms with Crippen molar-refractivity contribution < 1.29 is 32.6 Å². The monoisotopic (exact) mass is 489 g/mol. The van der Waals surface area contributed by atoms with Gasteiger partial charge in [0.1, 0.15) is 5.60 Å². The molecule has 0 aliphatic rings. The molecule has 0 atom stereocenters. The standard InChI is InChI=1S/C25H26F3N3O4/c1-24(2,3)35-20(32)9-6-14-31-22(23(33)34)29-21(30-31)19-8-5-4-7-17(19)15-16-10-12-18(13-11-16)25(26,27)28/h4-5,7-8,10-13H,6,9,14-15H2,1-3H3,(H,33,34). The molecule has 1 N–H and O–H groups in total. The third-order valence-electron chi connectivity index (χ3n) is 4.97. The molecule has 0 aliphatic heterocycles. The summed E-state index contributed by atoms with van der Waals surface area (Å²) in [5.74, 6) is -1.74. The minimum Gasteiger partial charge on any atom is -0.475 e. The van der Waals surface area contributed by atoms with Crippen molar-refractivity contribution in [3.05, 3.63) is 71.0 Å². The number of aromatic nitrogens is 3. The Labute approximate surface area is 200 Å². The Morgan fingerprint density at radius 1 is 1.03 bits per heavy atom. The largest absolute Gasteiger partial charge is 0.475 e. The lowest BCUT2D eigenvalue weighted by molar-refractivity contribution is -0.155. The van der Waals surface area contributed by atoms with E-state index in [4.69, 9.17) is 4.74 Å². The van der Waals surface area contributed by atoms with E-state index in [1.807, 2.05) is 0 Å². The number of aryl methyl sites for hydroxylation is 1. The van der Waals surface area contributed by atoms with E-state index in [2.05, 4.69) is 10.1 Å². The summed E-state index contributed by atoms with van der Waals surface area (Å²) in [5.41, 5.74) is 0.615. The second-order valence-corrected chi connectivity index (χ2v) is 9.01. The molecule has 0 fully saturated rings. The average molecular weight is 489 g/mol. The number of carboxylic acids is 1. The maximum Gasteiger partial charge on any atom is 0.416 e. The first-order chi connectivity index (χ1) is 16.3. The lowest BCUT2D eigenvalue weighted by Gasteiger charge is -2.19. The van der Waals surface area contributed by atoms with Crippen LogP contribution in [0.15, 0.2) is 48.5 Å². The molecule has 186 valence electrons. The Morgan fingerprint density at radius 3 is 2.29 bits per heavy atom. The smallest absolute Gasteiger partial charge is 0.416 e. The number of carbonyl (C=O) groups is 2. The molecule has 1 heterocycles. The number of carboxylic acid groups (broad SMARTS) is 1. The molecule has 0 spiro atoms. The van der Waals surface area contributed by atoms with E-state index < -0.39 is 29.3 Å². The third kappa shape index (κ3) is 7.14. The molecule has 10 heteroatoms. The van der Waals surface area contributed by atoms with Crippen LogP contribution in [0.1, 0.15) is 60.9 Å². The second kappa shape index (κ2) is 10.3. The fourth-order valence-corrected chi connectivity index (χ4v) is 3.46. The molecule has 3 rings (SSSR count). The molecule has 0 unspecified atom stereocenters. The lowest BCUT2D eigenvalue weighted by Crippen LogP contribution is -2.24. The summed E-state index contributed by atoms with van der Waals surface area (Å²) in [7, 11) is 0. The van der Waals surface area contributed by atoms with Crippen LogP contribution in [0.5, 0.6) is 0 Å². The van der Waals surface area contributed by atoms with Crippen molar-refractivity contribution in [3.63, 3.8) is 0 Å². The highest BCUT2D eigenvalue weighted by Crippen LogP contribution is 2.30. The number of hydrogen-bond donors (Lipinski definition) is 1. The summed E-state index contributed by atoms with van der Waals surface area (Å²) in [6.07, 6.45) is -3.70. The normalized spacial score (nSPS) is 11.9. The van der Waals surface area contributed by atoms with E-state index in [1.165, 1.54) is 16.8 Å². The van der Waals surface area contributed by atoms with Crippen LogP contribution in [-0.2, 0) is 28.7 Å². The third-order valence-corrected chi connectivity index (χ3v) is 4.97. The number of nitrogens with zero attached hydrogens (tertiary/aromatic N) is 3. The molecule has 0 saturated carbocycles. The van der Waals surface area contributed by atoms with Crippen molar-refractivity contribution in [3.8, 4) is 11.4 Å². The molecular formula is C25H26F3N3O4. The van der Waals surface area contributed by atoms with Crippen LogP contribution in [0, 0.1) is 0 Å². The highest BCUT2D eigenvalue weighted by molar-refractivity contribution is 5.84. The Morgan fingerprint density at radius 2 is 1.69 bits per heavy atom. The number of benzene rings is 2. The highest BCUT2D eigenvalue weighted by Gasteiger charge is 2.30. The number of carbonyl (C=O) groups excluding carboxylic acids is 1. The van der Waals surface area contributed by atoms with E-state index in [1.54, 1.807) is 45.0 Å². The fourth-order valence-electron chi connectivity index (χ4n) is 3.46. The van der Waals surface area contributed by atoms with Crippen LogP contribution < -0.4 is 0 Å². The summed E-state index contributed by atoms with van der Waals surface area (Å²) in [6.45, 7) is 5.44. The number of rotatable bonds is 8. The first kappa shape index (κ1) is 25.9. The Hall–Kier alpha value is -3.69. The van der Waals surface area contributed by atoms with Gasteiger partial charge < -0.3 is 9.84 Å². The van der Waals surface area contributed by atoms with Gasteiger partial charge in [-0.15, -0.1) is 0 Å². The molecule has 0 bridgehead atoms. The predicted molar refractivity (Wildman–Crippen MR) is 122 cm³/mol. The van der Waals surface area contributed by atoms with Crippen molar-refractivity contribution >= 4 is 11.9 Å². The Bertz CT molecular complexity index is 1200. The van der Waals surface area contributed by atoms with Crippen molar-refractivity contribution in [2.24, 2.45) is 0 Å². The van der Waals surface area contributed by atoms with Gasteiger partial charge in [0.2, 0.25) is 5.82 Å². The number of esters is 1. The average Bonchev–Trinajstić information content (AvgIpc) is 3.17. The van der Waals surface area contributed by atoms with Crippen LogP contribution in [0.4, 0.5) is 13.2 Å². The number of ether oxygens (including phenoxy) is 1. The molecule has 0 amide bonds. The van der Waals surface area contributed by atoms with Gasteiger partial charge in [0.15, 0.2) is 5.82 Å². The van der Waals surface area contributed by atoms with E-state index in [0.717, 1.165) is 17.7 Å². The van der Waals surface area contributed by atoms with Crippen LogP contribution in [0.2, 0.25) is 0 Å². The number of halogens is 3. The number of hydrogen-bond acceptors (Lipinski definition) is 5. The molecule has 35 heavy (non-hydrogen) atoms. The summed E-state index contributed by atoms with van der Waals surface area (Å²) in [6, 6.07) is 11.9. The minimum atomic E-state index is -4.41. The molecule has 0 saturated heterocycles. The van der Waals surface area contributed by atoms with Gasteiger partial charge >= 0.3 is 18.1 Å². The zero-order valence-corrected chi connectivity index (χ0v) is 19.6. The van der Waals surface area contributed by atoms with Gasteiger partial charge in [-0.2, -0.15) is 18.3 Å². The van der Waals surface area contributed by atoms with Crippen LogP contribution in [0.25, 0.3) is 11.4 Å². The van der Waals surface area contributed by atoms with Crippen molar-refractivity contribution in [2.45, 2.75) is 58.4 Å². The summed E-state index contributed by atoms with van der Waals surface area (Å²) in [5, 5.41) is 13.9. The molecule has 7 nitrogen and oxygen atoms in total. The quantitative estimate of drug-likeness (QED) is 0.427. The topological polar surface area (TPSA) is 94.3 Å². The Kier molecular flexibility index (Phi) is 7.62. The van der Waals surface area contributed by atoms with Gasteiger partial charge in [0.05, 0.1) is 5.56 Å². The van der Waals surface area contributed by atoms with Gasteiger partial charge in [-0.25, -0.2) is 14.5 Å². The first-order valence-electron chi connectivity index (χ1n) is 11.0. The summed E-state index contributed by atoms with van der Waals surface area (Å²) in [4.78, 5) is 27.8.